The van der Waals surface area contributed by atoms with Gasteiger partial charge in [0.2, 0.25) is 11.8 Å². The Balaban J connectivity index is 1.45. The Kier molecular flexibility index (Phi) is 6.14. The van der Waals surface area contributed by atoms with Crippen LogP contribution in [0.2, 0.25) is 0 Å². The molecule has 0 atom stereocenters. The van der Waals surface area contributed by atoms with Gasteiger partial charge in [-0.1, -0.05) is 36.4 Å². The number of rotatable bonds is 6. The summed E-state index contributed by atoms with van der Waals surface area (Å²) in [6.45, 7) is 4.04. The summed E-state index contributed by atoms with van der Waals surface area (Å²) in [5, 5.41) is 7.95. The second kappa shape index (κ2) is 8.73. The van der Waals surface area contributed by atoms with E-state index >= 15 is 0 Å². The van der Waals surface area contributed by atoms with Crippen LogP contribution in [-0.4, -0.2) is 23.3 Å². The summed E-state index contributed by atoms with van der Waals surface area (Å²) in [7, 11) is 0. The zero-order valence-corrected chi connectivity index (χ0v) is 16.2. The lowest BCUT2D eigenvalue weighted by Gasteiger charge is -2.08. The van der Waals surface area contributed by atoms with Gasteiger partial charge in [-0.25, -0.2) is 0 Å². The number of aryl methyl sites for hydroxylation is 2. The summed E-state index contributed by atoms with van der Waals surface area (Å²) in [6, 6.07) is 19.6. The molecule has 27 heavy (non-hydrogen) atoms. The maximum absolute atomic E-state index is 12.1. The van der Waals surface area contributed by atoms with Crippen LogP contribution in [0.25, 0.3) is 10.8 Å². The molecule has 0 radical (unpaired) electrons. The Morgan fingerprint density at radius 1 is 0.741 bits per heavy atom. The third kappa shape index (κ3) is 5.34. The Morgan fingerprint density at radius 3 is 2.00 bits per heavy atom. The number of hydrogen-bond acceptors (Lipinski definition) is 3. The lowest BCUT2D eigenvalue weighted by atomic mass is 10.1. The molecule has 5 heteroatoms. The van der Waals surface area contributed by atoms with Crippen molar-refractivity contribution < 1.29 is 9.59 Å². The Hall–Kier alpha value is -2.79. The van der Waals surface area contributed by atoms with Gasteiger partial charge in [-0.2, -0.15) is 0 Å². The van der Waals surface area contributed by atoms with Gasteiger partial charge in [0, 0.05) is 11.4 Å². The molecule has 0 spiro atoms. The number of carbonyl (C=O) groups excluding carboxylic acids is 2. The van der Waals surface area contributed by atoms with Crippen molar-refractivity contribution >= 4 is 45.7 Å². The number of carbonyl (C=O) groups is 2. The average molecular weight is 378 g/mol. The molecule has 2 amide bonds. The van der Waals surface area contributed by atoms with E-state index in [4.69, 9.17) is 0 Å². The fourth-order valence-electron chi connectivity index (χ4n) is 2.72. The lowest BCUT2D eigenvalue weighted by Crippen LogP contribution is -2.18. The Morgan fingerprint density at radius 2 is 1.33 bits per heavy atom. The molecule has 2 N–H and O–H groups in total. The zero-order chi connectivity index (χ0) is 19.2. The smallest absolute Gasteiger partial charge is 0.234 e. The molecule has 0 fully saturated rings. The van der Waals surface area contributed by atoms with Crippen molar-refractivity contribution in [1.82, 2.24) is 0 Å². The van der Waals surface area contributed by atoms with Crippen LogP contribution in [-0.2, 0) is 9.59 Å². The van der Waals surface area contributed by atoms with Crippen molar-refractivity contribution in [3.63, 3.8) is 0 Å². The largest absolute Gasteiger partial charge is 0.325 e. The maximum Gasteiger partial charge on any atom is 0.234 e. The highest BCUT2D eigenvalue weighted by molar-refractivity contribution is 8.00. The molecule has 0 aliphatic heterocycles. The molecule has 138 valence electrons. The molecular formula is C22H22N2O2S. The third-order valence-corrected chi connectivity index (χ3v) is 5.22. The second-order valence-electron chi connectivity index (χ2n) is 6.45. The Bertz CT molecular complexity index is 985. The maximum atomic E-state index is 12.1. The van der Waals surface area contributed by atoms with Crippen molar-refractivity contribution in [2.45, 2.75) is 13.8 Å². The highest BCUT2D eigenvalue weighted by Crippen LogP contribution is 2.19. The van der Waals surface area contributed by atoms with E-state index in [1.807, 2.05) is 74.5 Å². The van der Waals surface area contributed by atoms with Crippen LogP contribution in [0.15, 0.2) is 60.7 Å². The molecule has 4 nitrogen and oxygen atoms in total. The van der Waals surface area contributed by atoms with E-state index in [9.17, 15) is 9.59 Å². The van der Waals surface area contributed by atoms with Gasteiger partial charge in [-0.15, -0.1) is 11.8 Å². The van der Waals surface area contributed by atoms with Crippen molar-refractivity contribution in [2.24, 2.45) is 0 Å². The van der Waals surface area contributed by atoms with Crippen molar-refractivity contribution in [3.05, 3.63) is 71.8 Å². The lowest BCUT2D eigenvalue weighted by molar-refractivity contribution is -0.114. The van der Waals surface area contributed by atoms with E-state index in [0.717, 1.165) is 27.7 Å². The topological polar surface area (TPSA) is 58.2 Å². The monoisotopic (exact) mass is 378 g/mol. The normalized spacial score (nSPS) is 10.6. The number of thioether (sulfide) groups is 1. The molecule has 0 saturated heterocycles. The summed E-state index contributed by atoms with van der Waals surface area (Å²) in [5.74, 6) is 0.238. The van der Waals surface area contributed by atoms with Crippen LogP contribution in [0.4, 0.5) is 11.4 Å². The van der Waals surface area contributed by atoms with Gasteiger partial charge in [-0.05, 0) is 60.0 Å². The number of nitrogens with one attached hydrogen (secondary N) is 2. The molecule has 0 saturated carbocycles. The summed E-state index contributed by atoms with van der Waals surface area (Å²) in [6.07, 6.45) is 0. The number of hydrogen-bond donors (Lipinski definition) is 2. The van der Waals surface area contributed by atoms with E-state index in [0.29, 0.717) is 0 Å². The Labute approximate surface area is 163 Å². The minimum atomic E-state index is -0.116. The van der Waals surface area contributed by atoms with Gasteiger partial charge in [0.15, 0.2) is 0 Å². The summed E-state index contributed by atoms with van der Waals surface area (Å²) < 4.78 is 0. The predicted molar refractivity (Wildman–Crippen MR) is 114 cm³/mol. The number of amides is 2. The minimum absolute atomic E-state index is 0.109. The summed E-state index contributed by atoms with van der Waals surface area (Å²) in [5.41, 5.74) is 3.87. The summed E-state index contributed by atoms with van der Waals surface area (Å²) >= 11 is 1.29. The summed E-state index contributed by atoms with van der Waals surface area (Å²) in [4.78, 5) is 24.1. The molecule has 3 rings (SSSR count). The minimum Gasteiger partial charge on any atom is -0.325 e. The molecule has 3 aromatic rings. The molecular weight excluding hydrogens is 356 g/mol. The number of anilines is 2. The first-order valence-electron chi connectivity index (χ1n) is 8.75. The first-order chi connectivity index (χ1) is 13.0. The number of fused-ring (bicyclic) bond motifs is 1. The second-order valence-corrected chi connectivity index (χ2v) is 7.44. The molecule has 0 bridgehead atoms. The SMILES string of the molecule is Cc1ccc(NC(=O)CSCC(=O)Nc2ccc3ccccc3c2)cc1C. The van der Waals surface area contributed by atoms with Crippen molar-refractivity contribution in [1.29, 1.82) is 0 Å². The predicted octanol–water partition coefficient (Wildman–Crippen LogP) is 4.77. The van der Waals surface area contributed by atoms with E-state index < -0.39 is 0 Å². The molecule has 0 aliphatic carbocycles. The molecule has 3 aromatic carbocycles. The van der Waals surface area contributed by atoms with E-state index in [1.54, 1.807) is 0 Å². The van der Waals surface area contributed by atoms with Gasteiger partial charge in [0.1, 0.15) is 0 Å². The highest BCUT2D eigenvalue weighted by Gasteiger charge is 2.07. The van der Waals surface area contributed by atoms with E-state index in [2.05, 4.69) is 10.6 Å². The molecule has 0 heterocycles. The van der Waals surface area contributed by atoms with Gasteiger partial charge < -0.3 is 10.6 Å². The van der Waals surface area contributed by atoms with E-state index in [-0.39, 0.29) is 23.3 Å². The van der Waals surface area contributed by atoms with Crippen LogP contribution in [0.5, 0.6) is 0 Å². The van der Waals surface area contributed by atoms with Crippen LogP contribution in [0, 0.1) is 13.8 Å². The molecule has 0 unspecified atom stereocenters. The number of benzene rings is 3. The van der Waals surface area contributed by atoms with Gasteiger partial charge in [-0.3, -0.25) is 9.59 Å². The first kappa shape index (κ1) is 19.0. The molecule has 0 aliphatic rings. The van der Waals surface area contributed by atoms with Crippen LogP contribution < -0.4 is 10.6 Å². The van der Waals surface area contributed by atoms with Crippen LogP contribution >= 0.6 is 11.8 Å². The van der Waals surface area contributed by atoms with Crippen molar-refractivity contribution in [2.75, 3.05) is 22.1 Å². The zero-order valence-electron chi connectivity index (χ0n) is 15.4. The van der Waals surface area contributed by atoms with Crippen LogP contribution in [0.1, 0.15) is 11.1 Å². The average Bonchev–Trinajstić information content (AvgIpc) is 2.64. The van der Waals surface area contributed by atoms with Crippen molar-refractivity contribution in [3.8, 4) is 0 Å². The van der Waals surface area contributed by atoms with Crippen LogP contribution in [0.3, 0.4) is 0 Å². The fraction of sp³-hybridized carbons (Fsp3) is 0.182. The quantitative estimate of drug-likeness (QED) is 0.650. The van der Waals surface area contributed by atoms with Gasteiger partial charge >= 0.3 is 0 Å². The highest BCUT2D eigenvalue weighted by atomic mass is 32.2. The fourth-order valence-corrected chi connectivity index (χ4v) is 3.33. The third-order valence-electron chi connectivity index (χ3n) is 4.29. The van der Waals surface area contributed by atoms with E-state index in [1.165, 1.54) is 17.3 Å². The standard InChI is InChI=1S/C22H22N2O2S/c1-15-7-9-19(11-16(15)2)23-21(25)13-27-14-22(26)24-20-10-8-17-5-3-4-6-18(17)12-20/h3-12H,13-14H2,1-2H3,(H,23,25)(H,24,26). The van der Waals surface area contributed by atoms with Gasteiger partial charge in [0.25, 0.3) is 0 Å². The van der Waals surface area contributed by atoms with Gasteiger partial charge in [0.05, 0.1) is 11.5 Å². The molecule has 0 aromatic heterocycles. The first-order valence-corrected chi connectivity index (χ1v) is 9.90.